The van der Waals surface area contributed by atoms with E-state index in [9.17, 15) is 4.79 Å². The van der Waals surface area contributed by atoms with Crippen LogP contribution in [0.25, 0.3) is 0 Å². The van der Waals surface area contributed by atoms with Crippen molar-refractivity contribution in [3.05, 3.63) is 0 Å². The molecule has 2 nitrogen and oxygen atoms in total. The van der Waals surface area contributed by atoms with Gasteiger partial charge in [0.2, 0.25) is 0 Å². The smallest absolute Gasteiger partial charge is 0.309 e. The van der Waals surface area contributed by atoms with Crippen molar-refractivity contribution in [1.82, 2.24) is 0 Å². The van der Waals surface area contributed by atoms with E-state index in [1.165, 1.54) is 20.0 Å². The summed E-state index contributed by atoms with van der Waals surface area (Å²) < 4.78 is 4.71. The van der Waals surface area contributed by atoms with Gasteiger partial charge < -0.3 is 4.74 Å². The summed E-state index contributed by atoms with van der Waals surface area (Å²) in [6.07, 6.45) is 2.48. The van der Waals surface area contributed by atoms with Crippen LogP contribution in [0, 0.1) is 23.7 Å². The fraction of sp³-hybridized carbons (Fsp3) is 0.889. The molecule has 0 heterocycles. The van der Waals surface area contributed by atoms with Crippen LogP contribution in [-0.4, -0.2) is 13.1 Å². The van der Waals surface area contributed by atoms with Gasteiger partial charge in [0.05, 0.1) is 13.0 Å². The largest absolute Gasteiger partial charge is 0.469 e. The molecule has 0 bridgehead atoms. The minimum absolute atomic E-state index is 0.0203. The summed E-state index contributed by atoms with van der Waals surface area (Å²) in [6, 6.07) is 0. The van der Waals surface area contributed by atoms with Crippen molar-refractivity contribution < 1.29 is 9.53 Å². The van der Waals surface area contributed by atoms with Crippen LogP contribution in [0.1, 0.15) is 19.8 Å². The molecule has 0 aromatic carbocycles. The van der Waals surface area contributed by atoms with E-state index in [2.05, 4.69) is 6.92 Å². The van der Waals surface area contributed by atoms with Gasteiger partial charge in [0, 0.05) is 0 Å². The topological polar surface area (TPSA) is 26.3 Å². The summed E-state index contributed by atoms with van der Waals surface area (Å²) in [7, 11) is 1.49. The summed E-state index contributed by atoms with van der Waals surface area (Å²) in [5.41, 5.74) is 0. The van der Waals surface area contributed by atoms with Crippen LogP contribution >= 0.6 is 0 Å². The van der Waals surface area contributed by atoms with Gasteiger partial charge in [0.1, 0.15) is 0 Å². The predicted molar refractivity (Wildman–Crippen MR) is 40.9 cm³/mol. The maximum Gasteiger partial charge on any atom is 0.309 e. The first-order valence-corrected chi connectivity index (χ1v) is 4.32. The SMILES string of the molecule is COC(=O)C1C2CC(C)CC21. The molecule has 0 aromatic rings. The Bertz CT molecular complexity index is 176. The molecule has 2 aliphatic rings. The number of hydrogen-bond donors (Lipinski definition) is 0. The summed E-state index contributed by atoms with van der Waals surface area (Å²) in [4.78, 5) is 11.1. The molecule has 0 spiro atoms. The van der Waals surface area contributed by atoms with Gasteiger partial charge in [-0.15, -0.1) is 0 Å². The summed E-state index contributed by atoms with van der Waals surface area (Å²) >= 11 is 0. The number of fused-ring (bicyclic) bond motifs is 1. The summed E-state index contributed by atoms with van der Waals surface area (Å²) in [5, 5.41) is 0. The number of ether oxygens (including phenoxy) is 1. The quantitative estimate of drug-likeness (QED) is 0.534. The third-order valence-corrected chi connectivity index (χ3v) is 3.15. The Morgan fingerprint density at radius 2 is 1.91 bits per heavy atom. The van der Waals surface area contributed by atoms with Crippen molar-refractivity contribution in [3.8, 4) is 0 Å². The van der Waals surface area contributed by atoms with Gasteiger partial charge in [0.15, 0.2) is 0 Å². The van der Waals surface area contributed by atoms with Crippen LogP contribution in [0.3, 0.4) is 0 Å². The van der Waals surface area contributed by atoms with E-state index in [4.69, 9.17) is 4.74 Å². The second kappa shape index (κ2) is 2.23. The van der Waals surface area contributed by atoms with Crippen molar-refractivity contribution in [2.24, 2.45) is 23.7 Å². The molecule has 2 atom stereocenters. The maximum atomic E-state index is 11.1. The van der Waals surface area contributed by atoms with Gasteiger partial charge in [0.25, 0.3) is 0 Å². The Kier molecular flexibility index (Phi) is 1.44. The number of carbonyl (C=O) groups is 1. The molecule has 0 aromatic heterocycles. The monoisotopic (exact) mass is 154 g/mol. The van der Waals surface area contributed by atoms with Crippen molar-refractivity contribution in [2.45, 2.75) is 19.8 Å². The lowest BCUT2D eigenvalue weighted by Crippen LogP contribution is -2.09. The molecule has 62 valence electrons. The van der Waals surface area contributed by atoms with Crippen LogP contribution < -0.4 is 0 Å². The first-order chi connectivity index (χ1) is 5.24. The first kappa shape index (κ1) is 7.14. The molecular weight excluding hydrogens is 140 g/mol. The number of esters is 1. The average molecular weight is 154 g/mol. The number of hydrogen-bond acceptors (Lipinski definition) is 2. The highest BCUT2D eigenvalue weighted by atomic mass is 16.5. The maximum absolute atomic E-state index is 11.1. The molecule has 2 saturated carbocycles. The molecule has 0 aliphatic heterocycles. The summed E-state index contributed by atoms with van der Waals surface area (Å²) in [5.74, 6) is 2.49. The number of rotatable bonds is 1. The lowest BCUT2D eigenvalue weighted by Gasteiger charge is -2.05. The van der Waals surface area contributed by atoms with E-state index in [0.717, 1.165) is 5.92 Å². The molecule has 0 amide bonds. The lowest BCUT2D eigenvalue weighted by molar-refractivity contribution is -0.143. The minimum Gasteiger partial charge on any atom is -0.469 e. The van der Waals surface area contributed by atoms with Crippen LogP contribution in [0.2, 0.25) is 0 Å². The third-order valence-electron chi connectivity index (χ3n) is 3.15. The lowest BCUT2D eigenvalue weighted by atomic mass is 10.0. The fourth-order valence-electron chi connectivity index (χ4n) is 2.60. The van der Waals surface area contributed by atoms with Crippen LogP contribution in [0.4, 0.5) is 0 Å². The van der Waals surface area contributed by atoms with E-state index < -0.39 is 0 Å². The van der Waals surface area contributed by atoms with Gasteiger partial charge in [-0.05, 0) is 30.6 Å². The average Bonchev–Trinajstić information content (AvgIpc) is 2.48. The second-order valence-electron chi connectivity index (χ2n) is 3.95. The van der Waals surface area contributed by atoms with Crippen molar-refractivity contribution in [1.29, 1.82) is 0 Å². The Morgan fingerprint density at radius 1 is 1.36 bits per heavy atom. The van der Waals surface area contributed by atoms with Crippen LogP contribution in [0.15, 0.2) is 0 Å². The highest BCUT2D eigenvalue weighted by Gasteiger charge is 2.59. The normalized spacial score (nSPS) is 46.7. The Labute approximate surface area is 66.9 Å². The van der Waals surface area contributed by atoms with Gasteiger partial charge in [-0.1, -0.05) is 6.92 Å². The highest BCUT2D eigenvalue weighted by molar-refractivity contribution is 5.76. The van der Waals surface area contributed by atoms with E-state index in [1.54, 1.807) is 0 Å². The Morgan fingerprint density at radius 3 is 2.36 bits per heavy atom. The number of carbonyl (C=O) groups excluding carboxylic acids is 1. The zero-order valence-corrected chi connectivity index (χ0v) is 7.04. The van der Waals surface area contributed by atoms with E-state index in [-0.39, 0.29) is 11.9 Å². The standard InChI is InChI=1S/C9H14O2/c1-5-3-6-7(4-5)8(6)9(10)11-2/h5-8H,3-4H2,1-2H3. The molecule has 2 unspecified atom stereocenters. The first-order valence-electron chi connectivity index (χ1n) is 4.32. The van der Waals surface area contributed by atoms with E-state index >= 15 is 0 Å². The third kappa shape index (κ3) is 0.959. The highest BCUT2D eigenvalue weighted by Crippen LogP contribution is 2.59. The Hall–Kier alpha value is -0.530. The van der Waals surface area contributed by atoms with Crippen LogP contribution in [0.5, 0.6) is 0 Å². The molecule has 2 fully saturated rings. The van der Waals surface area contributed by atoms with Gasteiger partial charge in [-0.3, -0.25) is 4.79 Å². The zero-order valence-electron chi connectivity index (χ0n) is 7.04. The molecule has 0 radical (unpaired) electrons. The van der Waals surface area contributed by atoms with E-state index in [0.29, 0.717) is 11.8 Å². The van der Waals surface area contributed by atoms with Crippen molar-refractivity contribution >= 4 is 5.97 Å². The molecule has 2 aliphatic carbocycles. The molecule has 0 saturated heterocycles. The van der Waals surface area contributed by atoms with Crippen molar-refractivity contribution in [3.63, 3.8) is 0 Å². The molecule has 2 rings (SSSR count). The summed E-state index contributed by atoms with van der Waals surface area (Å²) in [6.45, 7) is 2.26. The molecule has 2 heteroatoms. The molecule has 0 N–H and O–H groups in total. The molecule has 11 heavy (non-hydrogen) atoms. The van der Waals surface area contributed by atoms with E-state index in [1.807, 2.05) is 0 Å². The minimum atomic E-state index is 0.0203. The Balaban J connectivity index is 1.92. The second-order valence-corrected chi connectivity index (χ2v) is 3.95. The molecular formula is C9H14O2. The van der Waals surface area contributed by atoms with Gasteiger partial charge in [-0.2, -0.15) is 0 Å². The zero-order chi connectivity index (χ0) is 8.01. The van der Waals surface area contributed by atoms with Crippen molar-refractivity contribution in [2.75, 3.05) is 7.11 Å². The van der Waals surface area contributed by atoms with Gasteiger partial charge >= 0.3 is 5.97 Å². The number of methoxy groups -OCH3 is 1. The van der Waals surface area contributed by atoms with Crippen LogP contribution in [-0.2, 0) is 9.53 Å². The van der Waals surface area contributed by atoms with Gasteiger partial charge in [-0.25, -0.2) is 0 Å². The predicted octanol–water partition coefficient (Wildman–Crippen LogP) is 1.45. The fourth-order valence-corrected chi connectivity index (χ4v) is 2.60.